The normalized spacial score (nSPS) is 10.2. The Morgan fingerprint density at radius 3 is 2.85 bits per heavy atom. The van der Waals surface area contributed by atoms with Crippen molar-refractivity contribution in [2.45, 2.75) is 0 Å². The molecule has 4 heteroatoms. The van der Waals surface area contributed by atoms with Crippen LogP contribution in [-0.2, 0) is 7.05 Å². The van der Waals surface area contributed by atoms with Gasteiger partial charge in [0.05, 0.1) is 11.9 Å². The van der Waals surface area contributed by atoms with Gasteiger partial charge in [-0.25, -0.2) is 4.98 Å². The third-order valence-corrected chi connectivity index (χ3v) is 1.91. The van der Waals surface area contributed by atoms with Gasteiger partial charge in [0, 0.05) is 31.2 Å². The minimum atomic E-state index is 0.650. The second-order valence-electron chi connectivity index (χ2n) is 2.82. The van der Waals surface area contributed by atoms with Crippen molar-refractivity contribution in [2.75, 3.05) is 5.73 Å². The Morgan fingerprint density at radius 2 is 2.23 bits per heavy atom. The fourth-order valence-electron chi connectivity index (χ4n) is 1.24. The first kappa shape index (κ1) is 7.79. The highest BCUT2D eigenvalue weighted by molar-refractivity contribution is 5.70. The Hall–Kier alpha value is -1.84. The molecule has 0 aliphatic rings. The quantitative estimate of drug-likeness (QED) is 0.703. The monoisotopic (exact) mass is 174 g/mol. The van der Waals surface area contributed by atoms with Crippen molar-refractivity contribution < 1.29 is 0 Å². The van der Waals surface area contributed by atoms with Gasteiger partial charge in [-0.05, 0) is 6.07 Å². The number of nitrogens with two attached hydrogens (primary N) is 1. The lowest BCUT2D eigenvalue weighted by molar-refractivity contribution is 0.925. The van der Waals surface area contributed by atoms with Crippen LogP contribution in [0.5, 0.6) is 0 Å². The largest absolute Gasteiger partial charge is 0.397 e. The van der Waals surface area contributed by atoms with E-state index >= 15 is 0 Å². The third-order valence-electron chi connectivity index (χ3n) is 1.91. The van der Waals surface area contributed by atoms with Gasteiger partial charge in [0.25, 0.3) is 0 Å². The number of nitrogen functional groups attached to an aromatic ring is 1. The summed E-state index contributed by atoms with van der Waals surface area (Å²) >= 11 is 0. The number of pyridine rings is 1. The first-order chi connectivity index (χ1) is 6.29. The highest BCUT2D eigenvalue weighted by Crippen LogP contribution is 2.21. The lowest BCUT2D eigenvalue weighted by atomic mass is 10.2. The number of aryl methyl sites for hydroxylation is 1. The molecule has 2 aromatic rings. The van der Waals surface area contributed by atoms with E-state index in [9.17, 15) is 0 Å². The summed E-state index contributed by atoms with van der Waals surface area (Å²) in [7, 11) is 1.93. The maximum absolute atomic E-state index is 5.76. The van der Waals surface area contributed by atoms with Crippen LogP contribution < -0.4 is 5.73 Å². The van der Waals surface area contributed by atoms with Crippen molar-refractivity contribution in [2.24, 2.45) is 7.05 Å². The molecule has 13 heavy (non-hydrogen) atoms. The van der Waals surface area contributed by atoms with Gasteiger partial charge in [0.1, 0.15) is 5.82 Å². The van der Waals surface area contributed by atoms with Crippen molar-refractivity contribution in [3.63, 3.8) is 0 Å². The van der Waals surface area contributed by atoms with Crippen LogP contribution in [-0.4, -0.2) is 14.5 Å². The summed E-state index contributed by atoms with van der Waals surface area (Å²) in [6.45, 7) is 0. The molecule has 0 aliphatic heterocycles. The molecule has 0 unspecified atom stereocenters. The van der Waals surface area contributed by atoms with E-state index in [1.165, 1.54) is 0 Å². The number of aromatic nitrogens is 3. The molecule has 0 spiro atoms. The number of hydrogen-bond donors (Lipinski definition) is 1. The first-order valence-electron chi connectivity index (χ1n) is 3.96. The maximum atomic E-state index is 5.76. The molecule has 66 valence electrons. The van der Waals surface area contributed by atoms with E-state index in [0.717, 1.165) is 11.4 Å². The number of imidazole rings is 1. The Kier molecular flexibility index (Phi) is 1.73. The fraction of sp³-hybridized carbons (Fsp3) is 0.111. The minimum absolute atomic E-state index is 0.650. The molecule has 4 nitrogen and oxygen atoms in total. The van der Waals surface area contributed by atoms with Crippen molar-refractivity contribution in [1.29, 1.82) is 0 Å². The Labute approximate surface area is 76.1 Å². The second-order valence-corrected chi connectivity index (χ2v) is 2.82. The van der Waals surface area contributed by atoms with Crippen LogP contribution in [0.4, 0.5) is 5.69 Å². The molecule has 0 atom stereocenters. The molecule has 2 rings (SSSR count). The average molecular weight is 174 g/mol. The molecular weight excluding hydrogens is 164 g/mol. The summed E-state index contributed by atoms with van der Waals surface area (Å²) in [6.07, 6.45) is 6.97. The predicted molar refractivity (Wildman–Crippen MR) is 50.9 cm³/mol. The molecule has 0 aromatic carbocycles. The molecule has 0 saturated carbocycles. The van der Waals surface area contributed by atoms with Crippen LogP contribution >= 0.6 is 0 Å². The van der Waals surface area contributed by atoms with Crippen LogP contribution in [0.2, 0.25) is 0 Å². The van der Waals surface area contributed by atoms with Crippen LogP contribution in [0.15, 0.2) is 30.9 Å². The van der Waals surface area contributed by atoms with Gasteiger partial charge in [-0.1, -0.05) is 0 Å². The zero-order valence-corrected chi connectivity index (χ0v) is 7.31. The van der Waals surface area contributed by atoms with Crippen LogP contribution in [0.1, 0.15) is 0 Å². The number of hydrogen-bond acceptors (Lipinski definition) is 3. The first-order valence-corrected chi connectivity index (χ1v) is 3.96. The second kappa shape index (κ2) is 2.90. The fourth-order valence-corrected chi connectivity index (χ4v) is 1.24. The van der Waals surface area contributed by atoms with Gasteiger partial charge in [-0.15, -0.1) is 0 Å². The zero-order chi connectivity index (χ0) is 9.26. The Bertz CT molecular complexity index is 419. The topological polar surface area (TPSA) is 56.7 Å². The van der Waals surface area contributed by atoms with E-state index in [2.05, 4.69) is 9.97 Å². The maximum Gasteiger partial charge on any atom is 0.141 e. The molecule has 2 N–H and O–H groups in total. The van der Waals surface area contributed by atoms with E-state index in [-0.39, 0.29) is 0 Å². The highest BCUT2D eigenvalue weighted by atomic mass is 15.0. The molecule has 0 fully saturated rings. The van der Waals surface area contributed by atoms with E-state index in [4.69, 9.17) is 5.73 Å². The van der Waals surface area contributed by atoms with E-state index in [0.29, 0.717) is 5.69 Å². The minimum Gasteiger partial charge on any atom is -0.397 e. The van der Waals surface area contributed by atoms with Crippen LogP contribution in [0, 0.1) is 0 Å². The smallest absolute Gasteiger partial charge is 0.141 e. The van der Waals surface area contributed by atoms with Gasteiger partial charge < -0.3 is 10.3 Å². The standard InChI is InChI=1S/C9H10N4/c1-13-5-4-12-9(13)7-2-3-11-6-8(7)10/h2-6H,10H2,1H3. The average Bonchev–Trinajstić information content (AvgIpc) is 2.52. The zero-order valence-electron chi connectivity index (χ0n) is 7.31. The molecule has 0 amide bonds. The lowest BCUT2D eigenvalue weighted by Gasteiger charge is -2.03. The molecule has 0 radical (unpaired) electrons. The van der Waals surface area contributed by atoms with Crippen molar-refractivity contribution in [3.05, 3.63) is 30.9 Å². The summed E-state index contributed by atoms with van der Waals surface area (Å²) in [5.74, 6) is 0.861. The van der Waals surface area contributed by atoms with Gasteiger partial charge >= 0.3 is 0 Å². The predicted octanol–water partition coefficient (Wildman–Crippen LogP) is 1.06. The summed E-state index contributed by atoms with van der Waals surface area (Å²) in [5.41, 5.74) is 7.33. The molecule has 0 aliphatic carbocycles. The van der Waals surface area contributed by atoms with Crippen LogP contribution in [0.25, 0.3) is 11.4 Å². The van der Waals surface area contributed by atoms with Crippen LogP contribution in [0.3, 0.4) is 0 Å². The molecule has 0 bridgehead atoms. The summed E-state index contributed by atoms with van der Waals surface area (Å²) in [5, 5.41) is 0. The summed E-state index contributed by atoms with van der Waals surface area (Å²) < 4.78 is 1.92. The van der Waals surface area contributed by atoms with Gasteiger partial charge in [0.15, 0.2) is 0 Å². The van der Waals surface area contributed by atoms with Gasteiger partial charge in [0.2, 0.25) is 0 Å². The van der Waals surface area contributed by atoms with Crippen molar-refractivity contribution in [1.82, 2.24) is 14.5 Å². The molecular formula is C9H10N4. The Morgan fingerprint density at radius 1 is 1.38 bits per heavy atom. The van der Waals surface area contributed by atoms with E-state index < -0.39 is 0 Å². The Balaban J connectivity index is 2.59. The summed E-state index contributed by atoms with van der Waals surface area (Å²) in [4.78, 5) is 8.12. The molecule has 2 heterocycles. The highest BCUT2D eigenvalue weighted by Gasteiger charge is 2.05. The third kappa shape index (κ3) is 1.26. The number of rotatable bonds is 1. The van der Waals surface area contributed by atoms with Crippen molar-refractivity contribution in [3.8, 4) is 11.4 Å². The van der Waals surface area contributed by atoms with Crippen molar-refractivity contribution >= 4 is 5.69 Å². The number of nitrogens with zero attached hydrogens (tertiary/aromatic N) is 3. The molecule has 0 saturated heterocycles. The molecule has 2 aromatic heterocycles. The lowest BCUT2D eigenvalue weighted by Crippen LogP contribution is -1.96. The summed E-state index contributed by atoms with van der Waals surface area (Å²) in [6, 6.07) is 1.86. The number of anilines is 1. The SMILES string of the molecule is Cn1ccnc1-c1ccncc1N. The van der Waals surface area contributed by atoms with Gasteiger partial charge in [-0.2, -0.15) is 0 Å². The van der Waals surface area contributed by atoms with E-state index in [1.54, 1.807) is 18.6 Å². The van der Waals surface area contributed by atoms with Gasteiger partial charge in [-0.3, -0.25) is 4.98 Å². The van der Waals surface area contributed by atoms with E-state index in [1.807, 2.05) is 23.9 Å².